The van der Waals surface area contributed by atoms with Crippen molar-refractivity contribution in [3.05, 3.63) is 0 Å². The maximum absolute atomic E-state index is 12.4. The molecule has 0 aromatic heterocycles. The second-order valence-corrected chi connectivity index (χ2v) is 2.07. The minimum atomic E-state index is -6.09. The average Bonchev–Trinajstić information content (AvgIpc) is 2.00. The van der Waals surface area contributed by atoms with Gasteiger partial charge in [-0.15, -0.1) is 0 Å². The first-order chi connectivity index (χ1) is 5.62. The molecule has 0 N–H and O–H groups in total. The van der Waals surface area contributed by atoms with E-state index in [1.54, 1.807) is 0 Å². The normalized spacial score (nSPS) is 18.5. The summed E-state index contributed by atoms with van der Waals surface area (Å²) in [6.45, 7) is 0. The minimum absolute atomic E-state index is 2.45. The van der Waals surface area contributed by atoms with Crippen LogP contribution < -0.4 is 0 Å². The molecule has 0 aliphatic heterocycles. The summed E-state index contributed by atoms with van der Waals surface area (Å²) in [5.41, 5.74) is 0. The minimum Gasteiger partial charge on any atom is -0.221 e. The zero-order chi connectivity index (χ0) is 10.9. The fourth-order valence-corrected chi connectivity index (χ4v) is 0.580. The van der Waals surface area contributed by atoms with E-state index in [0.29, 0.717) is 0 Å². The lowest BCUT2D eigenvalue weighted by molar-refractivity contribution is -0.418. The first kappa shape index (κ1) is 13.1. The van der Waals surface area contributed by atoms with E-state index < -0.39 is 18.1 Å². The molecule has 0 radical (unpaired) electrons. The standard InChI is InChI=1S/C3Cl2F6O2/c4-12-1(6,2(7,8)9)3(10,11)13-5. The van der Waals surface area contributed by atoms with Crippen molar-refractivity contribution >= 4 is 23.7 Å². The molecular weight excluding hydrogens is 253 g/mol. The number of hydrogen-bond acceptors (Lipinski definition) is 2. The monoisotopic (exact) mass is 252 g/mol. The third kappa shape index (κ3) is 2.12. The topological polar surface area (TPSA) is 18.5 Å². The largest absolute Gasteiger partial charge is 0.459 e. The van der Waals surface area contributed by atoms with Gasteiger partial charge in [-0.25, -0.2) is 8.58 Å². The van der Waals surface area contributed by atoms with Crippen molar-refractivity contribution in [1.29, 1.82) is 0 Å². The maximum atomic E-state index is 12.4. The zero-order valence-electron chi connectivity index (χ0n) is 5.34. The van der Waals surface area contributed by atoms with Gasteiger partial charge in [0, 0.05) is 0 Å². The molecule has 1 unspecified atom stereocenters. The van der Waals surface area contributed by atoms with Gasteiger partial charge >= 0.3 is 18.1 Å². The Kier molecular flexibility index (Phi) is 3.70. The Hall–Kier alpha value is 0.0800. The van der Waals surface area contributed by atoms with Gasteiger partial charge in [-0.3, -0.25) is 0 Å². The van der Waals surface area contributed by atoms with Gasteiger partial charge in [-0.1, -0.05) is 0 Å². The van der Waals surface area contributed by atoms with E-state index in [1.165, 1.54) is 0 Å². The van der Waals surface area contributed by atoms with Gasteiger partial charge in [0.2, 0.25) is 0 Å². The lowest BCUT2D eigenvalue weighted by atomic mass is 10.3. The van der Waals surface area contributed by atoms with Crippen LogP contribution in [-0.4, -0.2) is 18.1 Å². The molecular formula is C3Cl2F6O2. The quantitative estimate of drug-likeness (QED) is 0.719. The molecule has 10 heteroatoms. The Morgan fingerprint density at radius 1 is 0.769 bits per heavy atom. The molecule has 0 saturated carbocycles. The SMILES string of the molecule is FC(F)(F)C(F)(OCl)C(F)(F)OCl. The predicted molar refractivity (Wildman–Crippen MR) is 28.7 cm³/mol. The Labute approximate surface area is 77.6 Å². The van der Waals surface area contributed by atoms with Crippen LogP contribution >= 0.6 is 23.7 Å². The van der Waals surface area contributed by atoms with E-state index in [-0.39, 0.29) is 0 Å². The molecule has 0 saturated heterocycles. The van der Waals surface area contributed by atoms with Crippen molar-refractivity contribution in [2.75, 3.05) is 0 Å². The van der Waals surface area contributed by atoms with E-state index in [9.17, 15) is 26.3 Å². The number of rotatable bonds is 3. The molecule has 0 fully saturated rings. The van der Waals surface area contributed by atoms with Crippen LogP contribution in [0.1, 0.15) is 0 Å². The van der Waals surface area contributed by atoms with Crippen molar-refractivity contribution in [3.63, 3.8) is 0 Å². The van der Waals surface area contributed by atoms with E-state index in [1.807, 2.05) is 0 Å². The number of hydrogen-bond donors (Lipinski definition) is 0. The van der Waals surface area contributed by atoms with Crippen LogP contribution in [0.2, 0.25) is 0 Å². The lowest BCUT2D eigenvalue weighted by Crippen LogP contribution is -2.56. The van der Waals surface area contributed by atoms with Crippen molar-refractivity contribution in [2.45, 2.75) is 18.1 Å². The van der Waals surface area contributed by atoms with Crippen LogP contribution in [0.25, 0.3) is 0 Å². The fourth-order valence-electron chi connectivity index (χ4n) is 0.303. The summed E-state index contributed by atoms with van der Waals surface area (Å²) >= 11 is 7.88. The van der Waals surface area contributed by atoms with E-state index in [2.05, 4.69) is 32.3 Å². The molecule has 0 rings (SSSR count). The second-order valence-electron chi connectivity index (χ2n) is 1.76. The van der Waals surface area contributed by atoms with Crippen molar-refractivity contribution in [1.82, 2.24) is 0 Å². The molecule has 0 spiro atoms. The second kappa shape index (κ2) is 3.68. The van der Waals surface area contributed by atoms with E-state index >= 15 is 0 Å². The van der Waals surface area contributed by atoms with Gasteiger partial charge in [0.1, 0.15) is 0 Å². The Balaban J connectivity index is 5.06. The number of alkyl halides is 6. The maximum Gasteiger partial charge on any atom is 0.459 e. The van der Waals surface area contributed by atoms with Crippen LogP contribution in [0.15, 0.2) is 0 Å². The molecule has 0 aromatic rings. The van der Waals surface area contributed by atoms with Crippen LogP contribution in [0.5, 0.6) is 0 Å². The Bertz CT molecular complexity index is 183. The van der Waals surface area contributed by atoms with Gasteiger partial charge in [0.25, 0.3) is 0 Å². The molecule has 1 atom stereocenters. The first-order valence-electron chi connectivity index (χ1n) is 2.35. The summed E-state index contributed by atoms with van der Waals surface area (Å²) < 4.78 is 76.1. The molecule has 80 valence electrons. The summed E-state index contributed by atoms with van der Waals surface area (Å²) in [6.07, 6.45) is -11.5. The van der Waals surface area contributed by atoms with Crippen molar-refractivity contribution in [3.8, 4) is 0 Å². The molecule has 0 bridgehead atoms. The van der Waals surface area contributed by atoms with Crippen molar-refractivity contribution in [2.24, 2.45) is 0 Å². The van der Waals surface area contributed by atoms with Gasteiger partial charge in [0.05, 0.1) is 23.7 Å². The van der Waals surface area contributed by atoms with Gasteiger partial charge in [-0.2, -0.15) is 26.3 Å². The average molecular weight is 253 g/mol. The van der Waals surface area contributed by atoms with Gasteiger partial charge in [-0.05, 0) is 0 Å². The van der Waals surface area contributed by atoms with E-state index in [4.69, 9.17) is 0 Å². The third-order valence-corrected chi connectivity index (χ3v) is 1.35. The highest BCUT2D eigenvalue weighted by atomic mass is 35.5. The molecule has 0 aliphatic carbocycles. The van der Waals surface area contributed by atoms with Gasteiger partial charge in [0.15, 0.2) is 0 Å². The fraction of sp³-hybridized carbons (Fsp3) is 1.00. The molecule has 0 amide bonds. The Morgan fingerprint density at radius 2 is 1.15 bits per heavy atom. The summed E-state index contributed by atoms with van der Waals surface area (Å²) in [5.74, 6) is -5.50. The highest BCUT2D eigenvalue weighted by Gasteiger charge is 2.75. The summed E-state index contributed by atoms with van der Waals surface area (Å²) in [6, 6.07) is 0. The highest BCUT2D eigenvalue weighted by Crippen LogP contribution is 2.47. The predicted octanol–water partition coefficient (Wildman–Crippen LogP) is 3.15. The molecule has 0 heterocycles. The molecule has 0 aliphatic rings. The molecule has 0 aromatic carbocycles. The van der Waals surface area contributed by atoms with Crippen molar-refractivity contribution < 1.29 is 34.9 Å². The highest BCUT2D eigenvalue weighted by molar-refractivity contribution is 6.08. The number of halogens is 8. The third-order valence-electron chi connectivity index (χ3n) is 0.942. The van der Waals surface area contributed by atoms with Crippen LogP contribution in [-0.2, 0) is 8.58 Å². The van der Waals surface area contributed by atoms with Crippen LogP contribution in [0, 0.1) is 0 Å². The first-order valence-corrected chi connectivity index (χ1v) is 2.97. The lowest BCUT2D eigenvalue weighted by Gasteiger charge is -2.28. The van der Waals surface area contributed by atoms with Crippen LogP contribution in [0.4, 0.5) is 26.3 Å². The summed E-state index contributed by atoms with van der Waals surface area (Å²) in [4.78, 5) is 0. The van der Waals surface area contributed by atoms with Gasteiger partial charge < -0.3 is 0 Å². The molecule has 2 nitrogen and oxygen atoms in total. The Morgan fingerprint density at radius 3 is 1.23 bits per heavy atom. The smallest absolute Gasteiger partial charge is 0.221 e. The summed E-state index contributed by atoms with van der Waals surface area (Å²) in [5, 5.41) is 0. The summed E-state index contributed by atoms with van der Waals surface area (Å²) in [7, 11) is 0. The zero-order valence-corrected chi connectivity index (χ0v) is 6.85. The van der Waals surface area contributed by atoms with Crippen LogP contribution in [0.3, 0.4) is 0 Å². The molecule has 13 heavy (non-hydrogen) atoms. The van der Waals surface area contributed by atoms with E-state index in [0.717, 1.165) is 0 Å².